The summed E-state index contributed by atoms with van der Waals surface area (Å²) < 4.78 is 1.58. The Balaban J connectivity index is 1.87. The van der Waals surface area contributed by atoms with E-state index in [1.165, 1.54) is 0 Å². The van der Waals surface area contributed by atoms with Crippen LogP contribution in [-0.4, -0.2) is 33.3 Å². The first-order valence-corrected chi connectivity index (χ1v) is 11.7. The molecule has 34 heavy (non-hydrogen) atoms. The lowest BCUT2D eigenvalue weighted by atomic mass is 9.97. The van der Waals surface area contributed by atoms with Crippen molar-refractivity contribution in [3.05, 3.63) is 118 Å². The van der Waals surface area contributed by atoms with E-state index in [9.17, 15) is 9.59 Å². The number of nitrogens with two attached hydrogens (primary N) is 1. The summed E-state index contributed by atoms with van der Waals surface area (Å²) in [5.74, 6) is -0.0818. The highest BCUT2D eigenvalue weighted by Gasteiger charge is 2.29. The molecule has 0 aliphatic carbocycles. The van der Waals surface area contributed by atoms with E-state index in [0.29, 0.717) is 54.8 Å². The van der Waals surface area contributed by atoms with Crippen LogP contribution >= 0.6 is 0 Å². The fourth-order valence-corrected chi connectivity index (χ4v) is 4.35. The van der Waals surface area contributed by atoms with Crippen LogP contribution in [-0.2, 0) is 6.42 Å². The first kappa shape index (κ1) is 23.4. The molecule has 6 nitrogen and oxygen atoms in total. The number of hydrogen-bond acceptors (Lipinski definition) is 4. The van der Waals surface area contributed by atoms with Gasteiger partial charge >= 0.3 is 0 Å². The van der Waals surface area contributed by atoms with Gasteiger partial charge in [-0.2, -0.15) is 0 Å². The molecule has 174 valence electrons. The predicted molar refractivity (Wildman–Crippen MR) is 135 cm³/mol. The largest absolute Gasteiger partial charge is 0.330 e. The number of carbonyl (C=O) groups is 1. The molecule has 0 spiro atoms. The van der Waals surface area contributed by atoms with Crippen molar-refractivity contribution in [3.8, 4) is 0 Å². The van der Waals surface area contributed by atoms with Gasteiger partial charge in [-0.25, -0.2) is 4.98 Å². The van der Waals surface area contributed by atoms with Gasteiger partial charge in [0.05, 0.1) is 11.7 Å². The van der Waals surface area contributed by atoms with Gasteiger partial charge in [0.2, 0.25) is 0 Å². The second-order valence-corrected chi connectivity index (χ2v) is 8.30. The second kappa shape index (κ2) is 10.9. The Hall–Kier alpha value is -3.77. The van der Waals surface area contributed by atoms with Gasteiger partial charge < -0.3 is 10.6 Å². The van der Waals surface area contributed by atoms with Gasteiger partial charge in [0, 0.05) is 30.3 Å². The molecule has 0 bridgehead atoms. The lowest BCUT2D eigenvalue weighted by molar-refractivity contribution is 0.0664. The molecule has 0 aliphatic rings. The highest BCUT2D eigenvalue weighted by molar-refractivity contribution is 5.94. The minimum Gasteiger partial charge on any atom is -0.330 e. The smallest absolute Gasteiger partial charge is 0.261 e. The Morgan fingerprint density at radius 2 is 1.68 bits per heavy atom. The zero-order valence-electron chi connectivity index (χ0n) is 19.4. The average Bonchev–Trinajstić information content (AvgIpc) is 2.89. The standard InChI is InChI=1S/C28H30N4O2/c1-2-24(31(19-11-17-29)27(33)22-14-7-4-8-15-22)26-23(20-21-12-5-3-6-13-21)28(34)32-18-10-9-16-25(32)30-26/h3-10,12-16,18,24H,2,11,17,19-20,29H2,1H3. The van der Waals surface area contributed by atoms with Crippen molar-refractivity contribution in [1.82, 2.24) is 14.3 Å². The minimum absolute atomic E-state index is 0.0818. The average molecular weight is 455 g/mol. The summed E-state index contributed by atoms with van der Waals surface area (Å²) in [6.07, 6.45) is 3.47. The highest BCUT2D eigenvalue weighted by Crippen LogP contribution is 2.28. The number of aromatic nitrogens is 2. The minimum atomic E-state index is -0.351. The first-order valence-electron chi connectivity index (χ1n) is 11.7. The van der Waals surface area contributed by atoms with Crippen LogP contribution in [0.3, 0.4) is 0 Å². The van der Waals surface area contributed by atoms with Crippen LogP contribution < -0.4 is 11.3 Å². The molecule has 2 heterocycles. The quantitative estimate of drug-likeness (QED) is 0.410. The fraction of sp³-hybridized carbons (Fsp3) is 0.250. The van der Waals surface area contributed by atoms with E-state index >= 15 is 0 Å². The number of hydrogen-bond donors (Lipinski definition) is 1. The number of amides is 1. The molecule has 0 aliphatic heterocycles. The third kappa shape index (κ3) is 4.92. The van der Waals surface area contributed by atoms with E-state index in [1.54, 1.807) is 10.6 Å². The van der Waals surface area contributed by atoms with Gasteiger partial charge in [-0.3, -0.25) is 14.0 Å². The van der Waals surface area contributed by atoms with E-state index in [1.807, 2.05) is 90.7 Å². The van der Waals surface area contributed by atoms with Crippen molar-refractivity contribution in [2.45, 2.75) is 32.2 Å². The molecule has 1 amide bonds. The maximum Gasteiger partial charge on any atom is 0.261 e. The van der Waals surface area contributed by atoms with Crippen molar-refractivity contribution >= 4 is 11.6 Å². The monoisotopic (exact) mass is 454 g/mol. The summed E-state index contributed by atoms with van der Waals surface area (Å²) in [5.41, 5.74) is 9.19. The van der Waals surface area contributed by atoms with Crippen molar-refractivity contribution in [1.29, 1.82) is 0 Å². The molecule has 2 N–H and O–H groups in total. The van der Waals surface area contributed by atoms with Crippen LogP contribution in [0.2, 0.25) is 0 Å². The van der Waals surface area contributed by atoms with Gasteiger partial charge in [0.15, 0.2) is 0 Å². The maximum absolute atomic E-state index is 13.7. The third-order valence-electron chi connectivity index (χ3n) is 6.05. The molecule has 0 radical (unpaired) electrons. The van der Waals surface area contributed by atoms with Crippen LogP contribution in [0.5, 0.6) is 0 Å². The van der Waals surface area contributed by atoms with E-state index in [-0.39, 0.29) is 17.5 Å². The lowest BCUT2D eigenvalue weighted by Crippen LogP contribution is -2.38. The number of fused-ring (bicyclic) bond motifs is 1. The second-order valence-electron chi connectivity index (χ2n) is 8.30. The molecule has 2 aromatic carbocycles. The topological polar surface area (TPSA) is 80.7 Å². The molecule has 0 fully saturated rings. The van der Waals surface area contributed by atoms with Crippen LogP contribution in [0, 0.1) is 0 Å². The van der Waals surface area contributed by atoms with Crippen molar-refractivity contribution < 1.29 is 4.79 Å². The molecular formula is C28H30N4O2. The van der Waals surface area contributed by atoms with Gasteiger partial charge in [0.1, 0.15) is 5.65 Å². The zero-order valence-corrected chi connectivity index (χ0v) is 19.4. The predicted octanol–water partition coefficient (Wildman–Crippen LogP) is 4.23. The number of nitrogens with zero attached hydrogens (tertiary/aromatic N) is 3. The molecule has 1 atom stereocenters. The van der Waals surface area contributed by atoms with Gasteiger partial charge in [-0.1, -0.05) is 61.5 Å². The fourth-order valence-electron chi connectivity index (χ4n) is 4.35. The van der Waals surface area contributed by atoms with Crippen molar-refractivity contribution in [3.63, 3.8) is 0 Å². The Bertz CT molecular complexity index is 1300. The Kier molecular flexibility index (Phi) is 7.50. The van der Waals surface area contributed by atoms with E-state index in [0.717, 1.165) is 5.56 Å². The van der Waals surface area contributed by atoms with Crippen LogP contribution in [0.15, 0.2) is 89.9 Å². The summed E-state index contributed by atoms with van der Waals surface area (Å²) in [6, 6.07) is 24.3. The molecule has 0 saturated carbocycles. The summed E-state index contributed by atoms with van der Waals surface area (Å²) in [7, 11) is 0. The van der Waals surface area contributed by atoms with Gasteiger partial charge in [-0.15, -0.1) is 0 Å². The third-order valence-corrected chi connectivity index (χ3v) is 6.05. The van der Waals surface area contributed by atoms with Crippen LogP contribution in [0.1, 0.15) is 53.0 Å². The summed E-state index contributed by atoms with van der Waals surface area (Å²) in [4.78, 5) is 34.0. The molecular weight excluding hydrogens is 424 g/mol. The maximum atomic E-state index is 13.7. The number of rotatable bonds is 9. The Morgan fingerprint density at radius 1 is 1.00 bits per heavy atom. The molecule has 0 saturated heterocycles. The number of pyridine rings is 1. The molecule has 6 heteroatoms. The molecule has 4 rings (SSSR count). The van der Waals surface area contributed by atoms with E-state index in [4.69, 9.17) is 10.7 Å². The highest BCUT2D eigenvalue weighted by atomic mass is 16.2. The van der Waals surface area contributed by atoms with E-state index < -0.39 is 0 Å². The number of carbonyl (C=O) groups excluding carboxylic acids is 1. The van der Waals surface area contributed by atoms with Crippen molar-refractivity contribution in [2.24, 2.45) is 5.73 Å². The molecule has 4 aromatic rings. The number of benzene rings is 2. The zero-order chi connectivity index (χ0) is 23.9. The van der Waals surface area contributed by atoms with E-state index in [2.05, 4.69) is 0 Å². The molecule has 2 aromatic heterocycles. The first-order chi connectivity index (χ1) is 16.6. The summed E-state index contributed by atoms with van der Waals surface area (Å²) in [5, 5.41) is 0. The van der Waals surface area contributed by atoms with Crippen LogP contribution in [0.25, 0.3) is 5.65 Å². The van der Waals surface area contributed by atoms with Crippen molar-refractivity contribution in [2.75, 3.05) is 13.1 Å². The lowest BCUT2D eigenvalue weighted by Gasteiger charge is -2.32. The van der Waals surface area contributed by atoms with Crippen LogP contribution in [0.4, 0.5) is 0 Å². The SMILES string of the molecule is CCC(c1nc2ccccn2c(=O)c1Cc1ccccc1)N(CCCN)C(=O)c1ccccc1. The Labute approximate surface area is 199 Å². The molecule has 1 unspecified atom stereocenters. The summed E-state index contributed by atoms with van der Waals surface area (Å²) >= 11 is 0. The Morgan fingerprint density at radius 3 is 2.35 bits per heavy atom. The van der Waals surface area contributed by atoms with Gasteiger partial charge in [0.25, 0.3) is 11.5 Å². The normalized spacial score (nSPS) is 11.9. The summed E-state index contributed by atoms with van der Waals surface area (Å²) in [6.45, 7) is 2.99. The van der Waals surface area contributed by atoms with Gasteiger partial charge in [-0.05, 0) is 49.2 Å².